The van der Waals surface area contributed by atoms with Crippen LogP contribution in [-0.2, 0) is 6.42 Å². The number of rotatable bonds is 7. The zero-order chi connectivity index (χ0) is 23.4. The summed E-state index contributed by atoms with van der Waals surface area (Å²) in [6.07, 6.45) is 0.467. The molecule has 6 nitrogen and oxygen atoms in total. The summed E-state index contributed by atoms with van der Waals surface area (Å²) < 4.78 is 28.6. The van der Waals surface area contributed by atoms with Crippen molar-refractivity contribution in [3.05, 3.63) is 94.6 Å². The highest BCUT2D eigenvalue weighted by Crippen LogP contribution is 2.33. The third-order valence-electron chi connectivity index (χ3n) is 5.11. The van der Waals surface area contributed by atoms with Crippen LogP contribution in [0.5, 0.6) is 16.7 Å². The Morgan fingerprint density at radius 3 is 2.52 bits per heavy atom. The third kappa shape index (κ3) is 5.53. The molecule has 0 saturated heterocycles. The fraction of sp³-hybridized carbons (Fsp3) is 0.160. The predicted octanol–water partition coefficient (Wildman–Crippen LogP) is 5.94. The minimum atomic E-state index is -0.285. The molecule has 0 spiro atoms. The Bertz CT molecular complexity index is 1290. The van der Waals surface area contributed by atoms with E-state index in [4.69, 9.17) is 9.47 Å². The molecule has 0 saturated carbocycles. The Morgan fingerprint density at radius 1 is 1.00 bits per heavy atom. The average molecular weight is 464 g/mol. The number of ether oxygens (including phenoxy) is 2. The van der Waals surface area contributed by atoms with Gasteiger partial charge in [-0.05, 0) is 73.0 Å². The van der Waals surface area contributed by atoms with Gasteiger partial charge < -0.3 is 14.8 Å². The van der Waals surface area contributed by atoms with E-state index in [-0.39, 0.29) is 11.7 Å². The van der Waals surface area contributed by atoms with Gasteiger partial charge in [-0.15, -0.1) is 0 Å². The summed E-state index contributed by atoms with van der Waals surface area (Å²) >= 11 is 1.11. The van der Waals surface area contributed by atoms with Crippen LogP contribution in [0.3, 0.4) is 0 Å². The van der Waals surface area contributed by atoms with Gasteiger partial charge in [0.2, 0.25) is 0 Å². The molecule has 0 aliphatic heterocycles. The standard InChI is InChI=1S/C25H22FN3O3S/c1-15-4-10-20(12-16(15)2)27-24(30)18-7-11-21(22(14-18)31-3)32-25-28-23(29-33-25)13-17-5-8-19(26)9-6-17/h4-12,14H,13H2,1-3H3,(H,27,30). The number of amides is 1. The lowest BCUT2D eigenvalue weighted by atomic mass is 10.1. The first kappa shape index (κ1) is 22.4. The molecule has 168 valence electrons. The Labute approximate surface area is 195 Å². The second-order valence-corrected chi connectivity index (χ2v) is 8.22. The number of nitrogens with zero attached hydrogens (tertiary/aromatic N) is 2. The van der Waals surface area contributed by atoms with Crippen molar-refractivity contribution in [2.75, 3.05) is 12.4 Å². The van der Waals surface area contributed by atoms with E-state index in [0.29, 0.717) is 34.5 Å². The third-order valence-corrected chi connectivity index (χ3v) is 5.75. The normalized spacial score (nSPS) is 10.7. The highest BCUT2D eigenvalue weighted by molar-refractivity contribution is 7.07. The number of carbonyl (C=O) groups excluding carboxylic acids is 1. The van der Waals surface area contributed by atoms with Crippen LogP contribution in [0.15, 0.2) is 60.7 Å². The Hall–Kier alpha value is -3.78. The monoisotopic (exact) mass is 463 g/mol. The van der Waals surface area contributed by atoms with Gasteiger partial charge in [-0.1, -0.05) is 18.2 Å². The smallest absolute Gasteiger partial charge is 0.298 e. The number of anilines is 1. The highest BCUT2D eigenvalue weighted by atomic mass is 32.1. The van der Waals surface area contributed by atoms with Gasteiger partial charge in [0, 0.05) is 29.2 Å². The zero-order valence-corrected chi connectivity index (χ0v) is 19.2. The van der Waals surface area contributed by atoms with Crippen molar-refractivity contribution >= 4 is 23.1 Å². The first-order valence-electron chi connectivity index (χ1n) is 10.2. The molecule has 1 amide bonds. The summed E-state index contributed by atoms with van der Waals surface area (Å²) in [5.74, 6) is 0.862. The summed E-state index contributed by atoms with van der Waals surface area (Å²) in [5.41, 5.74) is 4.33. The van der Waals surface area contributed by atoms with Gasteiger partial charge in [0.15, 0.2) is 17.3 Å². The van der Waals surface area contributed by atoms with Crippen LogP contribution in [0.2, 0.25) is 0 Å². The SMILES string of the molecule is COc1cc(C(=O)Nc2ccc(C)c(C)c2)ccc1Oc1nc(Cc2ccc(F)cc2)ns1. The summed E-state index contributed by atoms with van der Waals surface area (Å²) in [4.78, 5) is 17.1. The van der Waals surface area contributed by atoms with E-state index in [2.05, 4.69) is 14.7 Å². The number of hydrogen-bond donors (Lipinski definition) is 1. The molecule has 1 N–H and O–H groups in total. The van der Waals surface area contributed by atoms with E-state index in [9.17, 15) is 9.18 Å². The Morgan fingerprint density at radius 2 is 1.79 bits per heavy atom. The molecular weight excluding hydrogens is 441 g/mol. The maximum atomic E-state index is 13.1. The van der Waals surface area contributed by atoms with Crippen LogP contribution in [0.25, 0.3) is 0 Å². The van der Waals surface area contributed by atoms with Crippen LogP contribution in [0, 0.1) is 19.7 Å². The molecule has 0 bridgehead atoms. The van der Waals surface area contributed by atoms with Crippen molar-refractivity contribution in [1.29, 1.82) is 0 Å². The van der Waals surface area contributed by atoms with Crippen molar-refractivity contribution in [3.63, 3.8) is 0 Å². The van der Waals surface area contributed by atoms with Crippen LogP contribution in [0.1, 0.15) is 32.9 Å². The van der Waals surface area contributed by atoms with E-state index < -0.39 is 0 Å². The summed E-state index contributed by atoms with van der Waals surface area (Å²) in [7, 11) is 1.51. The van der Waals surface area contributed by atoms with Gasteiger partial charge in [-0.25, -0.2) is 4.39 Å². The van der Waals surface area contributed by atoms with Crippen molar-refractivity contribution in [2.24, 2.45) is 0 Å². The van der Waals surface area contributed by atoms with E-state index in [1.165, 1.54) is 19.2 Å². The summed E-state index contributed by atoms with van der Waals surface area (Å²) in [5, 5.41) is 3.24. The van der Waals surface area contributed by atoms with Gasteiger partial charge in [0.05, 0.1) is 7.11 Å². The van der Waals surface area contributed by atoms with Gasteiger partial charge in [-0.3, -0.25) is 4.79 Å². The van der Waals surface area contributed by atoms with E-state index in [1.807, 2.05) is 32.0 Å². The number of benzene rings is 3. The lowest BCUT2D eigenvalue weighted by Crippen LogP contribution is -2.12. The topological polar surface area (TPSA) is 73.3 Å². The van der Waals surface area contributed by atoms with E-state index >= 15 is 0 Å². The molecule has 1 heterocycles. The average Bonchev–Trinajstić information content (AvgIpc) is 3.24. The number of aryl methyl sites for hydroxylation is 2. The molecule has 0 unspecified atom stereocenters. The molecule has 33 heavy (non-hydrogen) atoms. The Kier molecular flexibility index (Phi) is 6.65. The van der Waals surface area contributed by atoms with Crippen molar-refractivity contribution in [3.8, 4) is 16.7 Å². The molecule has 0 aliphatic carbocycles. The van der Waals surface area contributed by atoms with Gasteiger partial charge in [0.25, 0.3) is 11.1 Å². The van der Waals surface area contributed by atoms with Crippen molar-refractivity contribution in [2.45, 2.75) is 20.3 Å². The van der Waals surface area contributed by atoms with Crippen LogP contribution in [-0.4, -0.2) is 22.4 Å². The number of carbonyl (C=O) groups is 1. The molecule has 8 heteroatoms. The zero-order valence-electron chi connectivity index (χ0n) is 18.4. The molecule has 0 atom stereocenters. The molecule has 0 radical (unpaired) electrons. The number of methoxy groups -OCH3 is 1. The van der Waals surface area contributed by atoms with Crippen LogP contribution < -0.4 is 14.8 Å². The first-order valence-corrected chi connectivity index (χ1v) is 11.0. The fourth-order valence-electron chi connectivity index (χ4n) is 3.15. The molecule has 1 aromatic heterocycles. The van der Waals surface area contributed by atoms with Gasteiger partial charge >= 0.3 is 0 Å². The summed E-state index contributed by atoms with van der Waals surface area (Å²) in [6, 6.07) is 16.9. The number of nitrogens with one attached hydrogen (secondary N) is 1. The maximum Gasteiger partial charge on any atom is 0.298 e. The fourth-order valence-corrected chi connectivity index (χ4v) is 3.71. The molecular formula is C25H22FN3O3S. The van der Waals surface area contributed by atoms with E-state index in [1.54, 1.807) is 30.3 Å². The van der Waals surface area contributed by atoms with Crippen LogP contribution in [0.4, 0.5) is 10.1 Å². The van der Waals surface area contributed by atoms with Gasteiger partial charge in [0.1, 0.15) is 5.82 Å². The predicted molar refractivity (Wildman–Crippen MR) is 126 cm³/mol. The molecule has 3 aromatic carbocycles. The first-order chi connectivity index (χ1) is 15.9. The molecule has 0 fully saturated rings. The second-order valence-electron chi connectivity index (χ2n) is 7.50. The highest BCUT2D eigenvalue weighted by Gasteiger charge is 2.15. The quantitative estimate of drug-likeness (QED) is 0.367. The van der Waals surface area contributed by atoms with Crippen molar-refractivity contribution in [1.82, 2.24) is 9.36 Å². The second kappa shape index (κ2) is 9.79. The summed E-state index contributed by atoms with van der Waals surface area (Å²) in [6.45, 7) is 4.02. The van der Waals surface area contributed by atoms with Gasteiger partial charge in [-0.2, -0.15) is 9.36 Å². The minimum absolute atomic E-state index is 0.249. The van der Waals surface area contributed by atoms with Crippen LogP contribution >= 0.6 is 11.5 Å². The Balaban J connectivity index is 1.45. The molecule has 4 rings (SSSR count). The minimum Gasteiger partial charge on any atom is -0.493 e. The maximum absolute atomic E-state index is 13.1. The van der Waals surface area contributed by atoms with Crippen molar-refractivity contribution < 1.29 is 18.7 Å². The van der Waals surface area contributed by atoms with E-state index in [0.717, 1.165) is 33.9 Å². The number of hydrogen-bond acceptors (Lipinski definition) is 6. The lowest BCUT2D eigenvalue weighted by molar-refractivity contribution is 0.102. The largest absolute Gasteiger partial charge is 0.493 e. The molecule has 0 aliphatic rings. The lowest BCUT2D eigenvalue weighted by Gasteiger charge is -2.11. The number of halogens is 1. The molecule has 4 aromatic rings. The number of aromatic nitrogens is 2.